The Balaban J connectivity index is 2.23. The number of halogens is 1. The molecule has 1 unspecified atom stereocenters. The maximum atomic E-state index is 10.3. The van der Waals surface area contributed by atoms with Crippen molar-refractivity contribution in [3.63, 3.8) is 0 Å². The van der Waals surface area contributed by atoms with E-state index in [1.165, 1.54) is 24.2 Å². The molecule has 1 saturated carbocycles. The largest absolute Gasteiger partial charge is 0.387 e. The van der Waals surface area contributed by atoms with Crippen molar-refractivity contribution in [2.45, 2.75) is 38.7 Å². The van der Waals surface area contributed by atoms with Gasteiger partial charge in [-0.3, -0.25) is 0 Å². The second-order valence-electron chi connectivity index (χ2n) is 4.27. The summed E-state index contributed by atoms with van der Waals surface area (Å²) in [6.07, 6.45) is 4.37. The SMILES string of the molecule is CC1(C(O)c2scnc2Br)CCCC1. The second-order valence-corrected chi connectivity index (χ2v) is 5.91. The molecule has 78 valence electrons. The third-order valence-corrected chi connectivity index (χ3v) is 4.98. The van der Waals surface area contributed by atoms with Gasteiger partial charge in [-0.1, -0.05) is 19.8 Å². The van der Waals surface area contributed by atoms with Gasteiger partial charge in [-0.2, -0.15) is 0 Å². The van der Waals surface area contributed by atoms with Gasteiger partial charge in [0.25, 0.3) is 0 Å². The average Bonchev–Trinajstić information content (AvgIpc) is 2.74. The van der Waals surface area contributed by atoms with Crippen LogP contribution in [0.1, 0.15) is 43.6 Å². The molecule has 1 N–H and O–H groups in total. The summed E-state index contributed by atoms with van der Waals surface area (Å²) in [5, 5.41) is 10.3. The van der Waals surface area contributed by atoms with E-state index in [1.807, 2.05) is 0 Å². The number of aliphatic hydroxyl groups is 1. The van der Waals surface area contributed by atoms with Gasteiger partial charge < -0.3 is 5.11 Å². The highest BCUT2D eigenvalue weighted by Crippen LogP contribution is 2.49. The van der Waals surface area contributed by atoms with Crippen LogP contribution < -0.4 is 0 Å². The van der Waals surface area contributed by atoms with Crippen molar-refractivity contribution in [3.05, 3.63) is 15.0 Å². The Hall–Kier alpha value is 0.0700. The molecule has 2 rings (SSSR count). The van der Waals surface area contributed by atoms with Crippen LogP contribution in [0.25, 0.3) is 0 Å². The molecule has 0 amide bonds. The Morgan fingerprint density at radius 2 is 2.21 bits per heavy atom. The predicted octanol–water partition coefficient (Wildman–Crippen LogP) is 3.52. The van der Waals surface area contributed by atoms with Crippen molar-refractivity contribution in [1.82, 2.24) is 4.98 Å². The van der Waals surface area contributed by atoms with E-state index in [4.69, 9.17) is 0 Å². The van der Waals surface area contributed by atoms with Crippen LogP contribution in [0.4, 0.5) is 0 Å². The normalized spacial score (nSPS) is 22.5. The zero-order valence-electron chi connectivity index (χ0n) is 8.16. The molecular weight excluding hydrogens is 262 g/mol. The summed E-state index contributed by atoms with van der Waals surface area (Å²) in [5.41, 5.74) is 1.84. The Bertz CT molecular complexity index is 320. The van der Waals surface area contributed by atoms with E-state index >= 15 is 0 Å². The number of aromatic nitrogens is 1. The van der Waals surface area contributed by atoms with Crippen molar-refractivity contribution in [2.24, 2.45) is 5.41 Å². The Kier molecular flexibility index (Phi) is 2.96. The van der Waals surface area contributed by atoms with Crippen LogP contribution in [0.2, 0.25) is 0 Å². The second kappa shape index (κ2) is 3.91. The zero-order valence-corrected chi connectivity index (χ0v) is 10.6. The molecule has 14 heavy (non-hydrogen) atoms. The minimum Gasteiger partial charge on any atom is -0.387 e. The molecule has 1 fully saturated rings. The molecule has 1 aliphatic carbocycles. The number of nitrogens with zero attached hydrogens (tertiary/aromatic N) is 1. The fraction of sp³-hybridized carbons (Fsp3) is 0.700. The summed E-state index contributed by atoms with van der Waals surface area (Å²) in [6.45, 7) is 2.18. The lowest BCUT2D eigenvalue weighted by atomic mass is 9.82. The van der Waals surface area contributed by atoms with Crippen molar-refractivity contribution in [3.8, 4) is 0 Å². The van der Waals surface area contributed by atoms with E-state index in [0.717, 1.165) is 22.3 Å². The van der Waals surface area contributed by atoms with E-state index in [-0.39, 0.29) is 11.5 Å². The summed E-state index contributed by atoms with van der Waals surface area (Å²) in [6, 6.07) is 0. The third-order valence-electron chi connectivity index (χ3n) is 3.20. The molecule has 1 heterocycles. The number of hydrogen-bond acceptors (Lipinski definition) is 3. The fourth-order valence-corrected chi connectivity index (χ4v) is 3.76. The van der Waals surface area contributed by atoms with E-state index in [0.29, 0.717) is 0 Å². The molecule has 1 aromatic rings. The van der Waals surface area contributed by atoms with Gasteiger partial charge in [-0.05, 0) is 34.2 Å². The van der Waals surface area contributed by atoms with Gasteiger partial charge in [0.15, 0.2) is 0 Å². The van der Waals surface area contributed by atoms with Crippen molar-refractivity contribution in [2.75, 3.05) is 0 Å². The summed E-state index contributed by atoms with van der Waals surface area (Å²) >= 11 is 4.91. The highest BCUT2D eigenvalue weighted by molar-refractivity contribution is 9.10. The molecule has 1 aliphatic rings. The highest BCUT2D eigenvalue weighted by atomic mass is 79.9. The van der Waals surface area contributed by atoms with Gasteiger partial charge >= 0.3 is 0 Å². The first-order chi connectivity index (χ1) is 6.63. The van der Waals surface area contributed by atoms with Crippen LogP contribution in [0, 0.1) is 5.41 Å². The molecule has 0 spiro atoms. The standard InChI is InChI=1S/C10H14BrNOS/c1-10(4-2-3-5-10)8(13)7-9(11)12-6-14-7/h6,8,13H,2-5H2,1H3. The highest BCUT2D eigenvalue weighted by Gasteiger charge is 2.38. The molecule has 4 heteroatoms. The number of rotatable bonds is 2. The monoisotopic (exact) mass is 275 g/mol. The summed E-state index contributed by atoms with van der Waals surface area (Å²) < 4.78 is 0.808. The smallest absolute Gasteiger partial charge is 0.122 e. The minimum atomic E-state index is -0.355. The predicted molar refractivity (Wildman–Crippen MR) is 61.3 cm³/mol. The minimum absolute atomic E-state index is 0.0645. The van der Waals surface area contributed by atoms with Gasteiger partial charge in [0.2, 0.25) is 0 Å². The van der Waals surface area contributed by atoms with Crippen molar-refractivity contribution >= 4 is 27.3 Å². The molecule has 0 saturated heterocycles. The molecule has 1 aromatic heterocycles. The summed E-state index contributed by atoms with van der Waals surface area (Å²) in [4.78, 5) is 5.10. The van der Waals surface area contributed by atoms with Gasteiger partial charge in [0.05, 0.1) is 16.5 Å². The fourth-order valence-electron chi connectivity index (χ4n) is 2.19. The van der Waals surface area contributed by atoms with Crippen molar-refractivity contribution < 1.29 is 5.11 Å². The van der Waals surface area contributed by atoms with Crippen LogP contribution in [-0.4, -0.2) is 10.1 Å². The van der Waals surface area contributed by atoms with Crippen LogP contribution >= 0.6 is 27.3 Å². The first-order valence-corrected chi connectivity index (χ1v) is 6.58. The lowest BCUT2D eigenvalue weighted by Gasteiger charge is -2.29. The van der Waals surface area contributed by atoms with Gasteiger partial charge in [0, 0.05) is 0 Å². The maximum Gasteiger partial charge on any atom is 0.122 e. The lowest BCUT2D eigenvalue weighted by Crippen LogP contribution is -2.21. The molecular formula is C10H14BrNOS. The van der Waals surface area contributed by atoms with Crippen LogP contribution in [0.3, 0.4) is 0 Å². The van der Waals surface area contributed by atoms with E-state index in [9.17, 15) is 5.11 Å². The molecule has 0 radical (unpaired) electrons. The maximum absolute atomic E-state index is 10.3. The quantitative estimate of drug-likeness (QED) is 0.896. The third kappa shape index (κ3) is 1.75. The van der Waals surface area contributed by atoms with E-state index in [2.05, 4.69) is 27.8 Å². The van der Waals surface area contributed by atoms with E-state index in [1.54, 1.807) is 5.51 Å². The Morgan fingerprint density at radius 1 is 1.57 bits per heavy atom. The number of thiazole rings is 1. The van der Waals surface area contributed by atoms with Crippen LogP contribution in [0.5, 0.6) is 0 Å². The summed E-state index contributed by atoms with van der Waals surface area (Å²) in [7, 11) is 0. The molecule has 0 aliphatic heterocycles. The number of hydrogen-bond donors (Lipinski definition) is 1. The molecule has 2 nitrogen and oxygen atoms in total. The molecule has 0 aromatic carbocycles. The first-order valence-electron chi connectivity index (χ1n) is 4.90. The molecule has 0 bridgehead atoms. The average molecular weight is 276 g/mol. The van der Waals surface area contributed by atoms with E-state index < -0.39 is 0 Å². The van der Waals surface area contributed by atoms with Gasteiger partial charge in [-0.25, -0.2) is 4.98 Å². The Morgan fingerprint density at radius 3 is 2.71 bits per heavy atom. The lowest BCUT2D eigenvalue weighted by molar-refractivity contribution is 0.0430. The van der Waals surface area contributed by atoms with Gasteiger partial charge in [0.1, 0.15) is 4.60 Å². The zero-order chi connectivity index (χ0) is 10.2. The number of aliphatic hydroxyl groups excluding tert-OH is 1. The van der Waals surface area contributed by atoms with Crippen molar-refractivity contribution in [1.29, 1.82) is 0 Å². The first kappa shape index (κ1) is 10.6. The van der Waals surface area contributed by atoms with Crippen LogP contribution in [-0.2, 0) is 0 Å². The topological polar surface area (TPSA) is 33.1 Å². The molecule has 1 atom stereocenters. The summed E-state index contributed by atoms with van der Waals surface area (Å²) in [5.74, 6) is 0. The van der Waals surface area contributed by atoms with Gasteiger partial charge in [-0.15, -0.1) is 11.3 Å². The van der Waals surface area contributed by atoms with Crippen LogP contribution in [0.15, 0.2) is 10.1 Å². The Labute approximate surface area is 96.5 Å².